The van der Waals surface area contributed by atoms with E-state index in [1.807, 2.05) is 0 Å². The molecular weight excluding hydrogens is 318 g/mol. The number of rotatable bonds is 4. The zero-order valence-corrected chi connectivity index (χ0v) is 13.5. The normalized spacial score (nSPS) is 23.1. The molecule has 0 radical (unpaired) electrons. The maximum Gasteiger partial charge on any atom is 0.283 e. The molecule has 0 spiro atoms. The summed E-state index contributed by atoms with van der Waals surface area (Å²) in [6, 6.07) is 0.438. The van der Waals surface area contributed by atoms with E-state index in [0.717, 1.165) is 24.4 Å². The van der Waals surface area contributed by atoms with Crippen LogP contribution in [0.25, 0.3) is 0 Å². The molecule has 1 aliphatic carbocycles. The fourth-order valence-corrected chi connectivity index (χ4v) is 3.09. The van der Waals surface area contributed by atoms with Gasteiger partial charge in [0.2, 0.25) is 0 Å². The Bertz CT molecular complexity index is 526. The van der Waals surface area contributed by atoms with Gasteiger partial charge in [-0.15, -0.1) is 6.58 Å². The van der Waals surface area contributed by atoms with Crippen LogP contribution in [0.2, 0.25) is 0 Å². The van der Waals surface area contributed by atoms with Crippen molar-refractivity contribution in [2.24, 2.45) is 5.92 Å². The van der Waals surface area contributed by atoms with E-state index in [4.69, 9.17) is 0 Å². The summed E-state index contributed by atoms with van der Waals surface area (Å²) in [5.41, 5.74) is 0.687. The van der Waals surface area contributed by atoms with Gasteiger partial charge in [-0.05, 0) is 41.1 Å². The molecule has 0 aromatic carbocycles. The van der Waals surface area contributed by atoms with E-state index in [0.29, 0.717) is 17.1 Å². The van der Waals surface area contributed by atoms with Gasteiger partial charge in [-0.25, -0.2) is 4.68 Å². The minimum atomic E-state index is -0.114. The number of allylic oxidation sites excluding steroid dienone is 1. The fraction of sp³-hybridized carbons (Fsp3) is 0.600. The Morgan fingerprint density at radius 2 is 2.30 bits per heavy atom. The Morgan fingerprint density at radius 3 is 3.05 bits per heavy atom. The van der Waals surface area contributed by atoms with E-state index < -0.39 is 0 Å². The van der Waals surface area contributed by atoms with Crippen LogP contribution in [-0.4, -0.2) is 15.8 Å². The minimum Gasteiger partial charge on any atom is -0.380 e. The molecule has 1 N–H and O–H groups in total. The molecule has 1 fully saturated rings. The molecule has 0 saturated heterocycles. The third kappa shape index (κ3) is 3.72. The van der Waals surface area contributed by atoms with Gasteiger partial charge in [0.25, 0.3) is 5.56 Å². The van der Waals surface area contributed by atoms with Gasteiger partial charge < -0.3 is 5.32 Å². The molecule has 0 aliphatic heterocycles. The standard InChI is InChI=1S/C15H22BrN3O/c1-3-9-19-15(20)14(16)13(10-17-19)18-12-6-4-5-11(2)7-8-12/h3,10-12,18H,1,4-9H2,2H3. The first kappa shape index (κ1) is 15.3. The Kier molecular flexibility index (Phi) is 5.40. The summed E-state index contributed by atoms with van der Waals surface area (Å²) >= 11 is 3.39. The second-order valence-corrected chi connectivity index (χ2v) is 6.40. The van der Waals surface area contributed by atoms with Crippen molar-refractivity contribution in [2.75, 3.05) is 5.32 Å². The monoisotopic (exact) mass is 339 g/mol. The summed E-state index contributed by atoms with van der Waals surface area (Å²) in [5, 5.41) is 7.64. The molecule has 110 valence electrons. The van der Waals surface area contributed by atoms with E-state index in [-0.39, 0.29) is 5.56 Å². The van der Waals surface area contributed by atoms with Crippen molar-refractivity contribution in [1.82, 2.24) is 9.78 Å². The van der Waals surface area contributed by atoms with Crippen LogP contribution in [0.3, 0.4) is 0 Å². The number of anilines is 1. The maximum absolute atomic E-state index is 12.1. The molecule has 0 bridgehead atoms. The molecule has 5 heteroatoms. The lowest BCUT2D eigenvalue weighted by atomic mass is 10.0. The lowest BCUT2D eigenvalue weighted by Crippen LogP contribution is -2.26. The SMILES string of the molecule is C=CCn1ncc(NC2CCCC(C)CC2)c(Br)c1=O. The average molecular weight is 340 g/mol. The summed E-state index contributed by atoms with van der Waals surface area (Å²) in [5.74, 6) is 0.809. The molecule has 2 atom stereocenters. The van der Waals surface area contributed by atoms with Crippen LogP contribution in [0.4, 0.5) is 5.69 Å². The Morgan fingerprint density at radius 1 is 1.50 bits per heavy atom. The van der Waals surface area contributed by atoms with Crippen molar-refractivity contribution in [3.05, 3.63) is 33.7 Å². The van der Waals surface area contributed by atoms with Gasteiger partial charge in [0.1, 0.15) is 4.47 Å². The van der Waals surface area contributed by atoms with Gasteiger partial charge in [0, 0.05) is 6.04 Å². The second-order valence-electron chi connectivity index (χ2n) is 5.60. The van der Waals surface area contributed by atoms with Gasteiger partial charge >= 0.3 is 0 Å². The zero-order chi connectivity index (χ0) is 14.5. The van der Waals surface area contributed by atoms with Crippen LogP contribution in [0.1, 0.15) is 39.0 Å². The van der Waals surface area contributed by atoms with Gasteiger partial charge in [-0.3, -0.25) is 4.79 Å². The predicted molar refractivity (Wildman–Crippen MR) is 86.1 cm³/mol. The molecule has 0 amide bonds. The Hall–Kier alpha value is -1.10. The molecule has 1 heterocycles. The van der Waals surface area contributed by atoms with Gasteiger partial charge in [-0.2, -0.15) is 5.10 Å². The summed E-state index contributed by atoms with van der Waals surface area (Å²) in [7, 11) is 0. The maximum atomic E-state index is 12.1. The highest BCUT2D eigenvalue weighted by molar-refractivity contribution is 9.10. The van der Waals surface area contributed by atoms with E-state index >= 15 is 0 Å². The van der Waals surface area contributed by atoms with Crippen molar-refractivity contribution in [2.45, 2.75) is 51.6 Å². The highest BCUT2D eigenvalue weighted by Crippen LogP contribution is 2.26. The quantitative estimate of drug-likeness (QED) is 0.673. The summed E-state index contributed by atoms with van der Waals surface area (Å²) in [6.07, 6.45) is 9.51. The summed E-state index contributed by atoms with van der Waals surface area (Å²) < 4.78 is 1.96. The number of aromatic nitrogens is 2. The fourth-order valence-electron chi connectivity index (χ4n) is 2.67. The second kappa shape index (κ2) is 7.07. The number of nitrogens with zero attached hydrogens (tertiary/aromatic N) is 2. The topological polar surface area (TPSA) is 46.9 Å². The van der Waals surface area contributed by atoms with Crippen molar-refractivity contribution >= 4 is 21.6 Å². The molecule has 2 unspecified atom stereocenters. The first-order valence-corrected chi connectivity index (χ1v) is 8.04. The molecule has 1 saturated carbocycles. The zero-order valence-electron chi connectivity index (χ0n) is 11.9. The predicted octanol–water partition coefficient (Wildman–Crippen LogP) is 3.57. The van der Waals surface area contributed by atoms with Crippen molar-refractivity contribution in [1.29, 1.82) is 0 Å². The summed E-state index contributed by atoms with van der Waals surface area (Å²) in [6.45, 7) is 6.37. The molecule has 4 nitrogen and oxygen atoms in total. The Balaban J connectivity index is 2.11. The minimum absolute atomic E-state index is 0.114. The van der Waals surface area contributed by atoms with Gasteiger partial charge in [0.05, 0.1) is 18.4 Å². The van der Waals surface area contributed by atoms with E-state index in [1.54, 1.807) is 12.3 Å². The molecule has 2 rings (SSSR count). The van der Waals surface area contributed by atoms with Crippen LogP contribution >= 0.6 is 15.9 Å². The molecule has 1 aromatic heterocycles. The molecular formula is C15H22BrN3O. The van der Waals surface area contributed by atoms with Gasteiger partial charge in [0.15, 0.2) is 0 Å². The highest BCUT2D eigenvalue weighted by Gasteiger charge is 2.18. The molecule has 1 aliphatic rings. The first-order chi connectivity index (χ1) is 9.61. The number of halogens is 1. The number of hydrogen-bond donors (Lipinski definition) is 1. The van der Waals surface area contributed by atoms with Crippen molar-refractivity contribution < 1.29 is 0 Å². The lowest BCUT2D eigenvalue weighted by molar-refractivity contribution is 0.502. The average Bonchev–Trinajstić information content (AvgIpc) is 2.63. The van der Waals surface area contributed by atoms with Crippen molar-refractivity contribution in [3.63, 3.8) is 0 Å². The van der Waals surface area contributed by atoms with Crippen LogP contribution in [0.15, 0.2) is 28.1 Å². The summed E-state index contributed by atoms with van der Waals surface area (Å²) in [4.78, 5) is 12.1. The van der Waals surface area contributed by atoms with Crippen LogP contribution in [-0.2, 0) is 6.54 Å². The third-order valence-electron chi connectivity index (χ3n) is 3.90. The highest BCUT2D eigenvalue weighted by atomic mass is 79.9. The van der Waals surface area contributed by atoms with Crippen LogP contribution in [0, 0.1) is 5.92 Å². The van der Waals surface area contributed by atoms with E-state index in [1.165, 1.54) is 23.9 Å². The van der Waals surface area contributed by atoms with E-state index in [2.05, 4.69) is 39.8 Å². The lowest BCUT2D eigenvalue weighted by Gasteiger charge is -2.18. The van der Waals surface area contributed by atoms with E-state index in [9.17, 15) is 4.79 Å². The number of hydrogen-bond acceptors (Lipinski definition) is 3. The smallest absolute Gasteiger partial charge is 0.283 e. The van der Waals surface area contributed by atoms with Crippen LogP contribution in [0.5, 0.6) is 0 Å². The Labute approximate surface area is 128 Å². The third-order valence-corrected chi connectivity index (χ3v) is 4.67. The number of nitrogens with one attached hydrogen (secondary N) is 1. The molecule has 20 heavy (non-hydrogen) atoms. The largest absolute Gasteiger partial charge is 0.380 e. The van der Waals surface area contributed by atoms with Crippen LogP contribution < -0.4 is 10.9 Å². The van der Waals surface area contributed by atoms with Crippen molar-refractivity contribution in [3.8, 4) is 0 Å². The van der Waals surface area contributed by atoms with Gasteiger partial charge in [-0.1, -0.05) is 25.8 Å². The molecule has 1 aromatic rings. The first-order valence-electron chi connectivity index (χ1n) is 7.25.